The molecule has 0 unspecified atom stereocenters. The van der Waals surface area contributed by atoms with Crippen molar-refractivity contribution in [2.24, 2.45) is 0 Å². The number of pyridine rings is 1. The van der Waals surface area contributed by atoms with Crippen LogP contribution in [0.4, 0.5) is 13.2 Å². The first-order chi connectivity index (χ1) is 5.87. The molecule has 0 aliphatic carbocycles. The van der Waals surface area contributed by atoms with Gasteiger partial charge in [-0.25, -0.2) is 4.98 Å². The van der Waals surface area contributed by atoms with Crippen molar-refractivity contribution in [1.82, 2.24) is 4.98 Å². The molecular formula is C6H2BrF3INO. The molecule has 0 N–H and O–H groups in total. The second kappa shape index (κ2) is 3.99. The quantitative estimate of drug-likeness (QED) is 0.561. The second-order valence-corrected chi connectivity index (χ2v) is 4.02. The van der Waals surface area contributed by atoms with E-state index in [4.69, 9.17) is 0 Å². The SMILES string of the molecule is FC(F)(F)Oc1cc(Br)cc(I)n1. The number of nitrogens with zero attached hydrogens (tertiary/aromatic N) is 1. The standard InChI is InChI=1S/C6H2BrF3INO/c7-3-1-4(11)12-5(2-3)13-6(8,9)10/h1-2H. The molecule has 0 amide bonds. The lowest BCUT2D eigenvalue weighted by Gasteiger charge is -2.07. The molecule has 0 fully saturated rings. The topological polar surface area (TPSA) is 22.1 Å². The number of halogens is 5. The zero-order valence-electron chi connectivity index (χ0n) is 5.90. The molecule has 0 bridgehead atoms. The molecule has 0 atom stereocenters. The van der Waals surface area contributed by atoms with Crippen LogP contribution in [0.1, 0.15) is 0 Å². The van der Waals surface area contributed by atoms with E-state index in [2.05, 4.69) is 25.7 Å². The van der Waals surface area contributed by atoms with Crippen molar-refractivity contribution in [3.05, 3.63) is 20.3 Å². The molecule has 0 spiro atoms. The second-order valence-electron chi connectivity index (χ2n) is 1.99. The van der Waals surface area contributed by atoms with Gasteiger partial charge in [0.05, 0.1) is 0 Å². The molecule has 0 saturated heterocycles. The van der Waals surface area contributed by atoms with E-state index in [1.807, 2.05) is 0 Å². The average molecular weight is 368 g/mol. The number of ether oxygens (including phenoxy) is 1. The molecule has 0 aliphatic heterocycles. The van der Waals surface area contributed by atoms with Crippen molar-refractivity contribution in [3.63, 3.8) is 0 Å². The highest BCUT2D eigenvalue weighted by molar-refractivity contribution is 14.1. The van der Waals surface area contributed by atoms with Crippen LogP contribution in [0, 0.1) is 3.70 Å². The van der Waals surface area contributed by atoms with Crippen molar-refractivity contribution in [1.29, 1.82) is 0 Å². The molecule has 1 aromatic heterocycles. The van der Waals surface area contributed by atoms with Gasteiger partial charge in [0.2, 0.25) is 5.88 Å². The molecule has 13 heavy (non-hydrogen) atoms. The van der Waals surface area contributed by atoms with Crippen LogP contribution in [-0.2, 0) is 0 Å². The lowest BCUT2D eigenvalue weighted by Crippen LogP contribution is -2.18. The Morgan fingerprint density at radius 1 is 1.38 bits per heavy atom. The zero-order valence-corrected chi connectivity index (χ0v) is 9.64. The largest absolute Gasteiger partial charge is 0.574 e. The van der Waals surface area contributed by atoms with E-state index >= 15 is 0 Å². The average Bonchev–Trinajstić information content (AvgIpc) is 1.78. The van der Waals surface area contributed by atoms with Gasteiger partial charge in [-0.1, -0.05) is 15.9 Å². The van der Waals surface area contributed by atoms with Crippen LogP contribution in [-0.4, -0.2) is 11.3 Å². The van der Waals surface area contributed by atoms with Crippen LogP contribution in [0.15, 0.2) is 16.6 Å². The fourth-order valence-electron chi connectivity index (χ4n) is 0.614. The molecular weight excluding hydrogens is 366 g/mol. The molecule has 0 aliphatic rings. The van der Waals surface area contributed by atoms with Crippen molar-refractivity contribution in [3.8, 4) is 5.88 Å². The van der Waals surface area contributed by atoms with Gasteiger partial charge in [0.15, 0.2) is 0 Å². The van der Waals surface area contributed by atoms with Gasteiger partial charge in [0, 0.05) is 10.5 Å². The third-order valence-corrected chi connectivity index (χ3v) is 1.97. The fraction of sp³-hybridized carbons (Fsp3) is 0.167. The summed E-state index contributed by atoms with van der Waals surface area (Å²) in [6, 6.07) is 2.72. The van der Waals surface area contributed by atoms with Crippen molar-refractivity contribution < 1.29 is 17.9 Å². The van der Waals surface area contributed by atoms with Gasteiger partial charge in [-0.3, -0.25) is 0 Å². The van der Waals surface area contributed by atoms with Gasteiger partial charge >= 0.3 is 6.36 Å². The van der Waals surface area contributed by atoms with Crippen molar-refractivity contribution in [2.75, 3.05) is 0 Å². The highest BCUT2D eigenvalue weighted by Crippen LogP contribution is 2.24. The predicted molar refractivity (Wildman–Crippen MR) is 51.3 cm³/mol. The summed E-state index contributed by atoms with van der Waals surface area (Å²) in [7, 11) is 0. The predicted octanol–water partition coefficient (Wildman–Crippen LogP) is 3.35. The maximum Gasteiger partial charge on any atom is 0.574 e. The van der Waals surface area contributed by atoms with E-state index in [9.17, 15) is 13.2 Å². The Kier molecular flexibility index (Phi) is 3.38. The van der Waals surface area contributed by atoms with Gasteiger partial charge in [-0.15, -0.1) is 13.2 Å². The molecule has 0 aromatic carbocycles. The lowest BCUT2D eigenvalue weighted by atomic mass is 10.5. The molecule has 0 saturated carbocycles. The summed E-state index contributed by atoms with van der Waals surface area (Å²) in [5, 5.41) is 0. The number of hydrogen-bond donors (Lipinski definition) is 0. The number of hydrogen-bond acceptors (Lipinski definition) is 2. The van der Waals surface area contributed by atoms with E-state index in [0.29, 0.717) is 8.17 Å². The summed E-state index contributed by atoms with van der Waals surface area (Å²) in [5.74, 6) is -0.466. The summed E-state index contributed by atoms with van der Waals surface area (Å²) in [4.78, 5) is 3.53. The fourth-order valence-corrected chi connectivity index (χ4v) is 2.03. The van der Waals surface area contributed by atoms with Gasteiger partial charge in [-0.05, 0) is 28.7 Å². The Balaban J connectivity index is 2.90. The maximum absolute atomic E-state index is 11.7. The highest BCUT2D eigenvalue weighted by Gasteiger charge is 2.31. The molecule has 1 rings (SSSR count). The van der Waals surface area contributed by atoms with Gasteiger partial charge in [-0.2, -0.15) is 0 Å². The minimum absolute atomic E-state index is 0.422. The van der Waals surface area contributed by atoms with E-state index in [1.165, 1.54) is 0 Å². The zero-order chi connectivity index (χ0) is 10.1. The Morgan fingerprint density at radius 3 is 2.46 bits per heavy atom. The van der Waals surface area contributed by atoms with Crippen LogP contribution in [0.2, 0.25) is 0 Å². The minimum atomic E-state index is -4.70. The third-order valence-electron chi connectivity index (χ3n) is 0.956. The van der Waals surface area contributed by atoms with Crippen LogP contribution < -0.4 is 4.74 Å². The Morgan fingerprint density at radius 2 is 2.00 bits per heavy atom. The Hall–Kier alpha value is -0.0500. The minimum Gasteiger partial charge on any atom is -0.388 e. The van der Waals surface area contributed by atoms with Crippen molar-refractivity contribution in [2.45, 2.75) is 6.36 Å². The first kappa shape index (κ1) is 11.0. The number of aromatic nitrogens is 1. The summed E-state index contributed by atoms with van der Waals surface area (Å²) in [6.07, 6.45) is -4.70. The Labute approximate surface area is 93.8 Å². The van der Waals surface area contributed by atoms with E-state index in [-0.39, 0.29) is 0 Å². The molecule has 72 valence electrons. The normalized spacial score (nSPS) is 11.5. The molecule has 1 heterocycles. The third kappa shape index (κ3) is 4.12. The summed E-state index contributed by atoms with van der Waals surface area (Å²) >= 11 is 4.82. The number of rotatable bonds is 1. The highest BCUT2D eigenvalue weighted by atomic mass is 127. The van der Waals surface area contributed by atoms with Crippen LogP contribution in [0.5, 0.6) is 5.88 Å². The van der Waals surface area contributed by atoms with Gasteiger partial charge in [0.25, 0.3) is 0 Å². The van der Waals surface area contributed by atoms with Crippen LogP contribution in [0.25, 0.3) is 0 Å². The molecule has 7 heteroatoms. The lowest BCUT2D eigenvalue weighted by molar-refractivity contribution is -0.276. The van der Waals surface area contributed by atoms with Crippen LogP contribution in [0.3, 0.4) is 0 Å². The monoisotopic (exact) mass is 367 g/mol. The number of alkyl halides is 3. The summed E-state index contributed by atoms with van der Waals surface area (Å²) < 4.78 is 39.7. The molecule has 1 aromatic rings. The smallest absolute Gasteiger partial charge is 0.388 e. The Bertz CT molecular complexity index is 297. The maximum atomic E-state index is 11.7. The first-order valence-electron chi connectivity index (χ1n) is 2.96. The van der Waals surface area contributed by atoms with E-state index in [1.54, 1.807) is 28.7 Å². The van der Waals surface area contributed by atoms with E-state index < -0.39 is 12.2 Å². The van der Waals surface area contributed by atoms with E-state index in [0.717, 1.165) is 6.07 Å². The van der Waals surface area contributed by atoms with Gasteiger partial charge < -0.3 is 4.74 Å². The summed E-state index contributed by atoms with van der Waals surface area (Å²) in [5.41, 5.74) is 0. The van der Waals surface area contributed by atoms with Crippen molar-refractivity contribution >= 4 is 38.5 Å². The molecule has 0 radical (unpaired) electrons. The summed E-state index contributed by atoms with van der Waals surface area (Å²) in [6.45, 7) is 0. The van der Waals surface area contributed by atoms with Gasteiger partial charge in [0.1, 0.15) is 3.70 Å². The van der Waals surface area contributed by atoms with Crippen LogP contribution >= 0.6 is 38.5 Å². The molecule has 2 nitrogen and oxygen atoms in total. The first-order valence-corrected chi connectivity index (χ1v) is 4.83.